The van der Waals surface area contributed by atoms with E-state index >= 15 is 0 Å². The van der Waals surface area contributed by atoms with Crippen LogP contribution in [-0.4, -0.2) is 18.1 Å². The summed E-state index contributed by atoms with van der Waals surface area (Å²) in [6.07, 6.45) is 7.79. The van der Waals surface area contributed by atoms with E-state index < -0.39 is 0 Å². The van der Waals surface area contributed by atoms with Crippen molar-refractivity contribution in [2.75, 3.05) is 13.1 Å². The van der Waals surface area contributed by atoms with E-state index in [9.17, 15) is 0 Å². The van der Waals surface area contributed by atoms with Crippen LogP contribution in [0.15, 0.2) is 18.5 Å². The minimum Gasteiger partial charge on any atom is -0.316 e. The van der Waals surface area contributed by atoms with Crippen LogP contribution in [-0.2, 0) is 6.42 Å². The first-order valence-electron chi connectivity index (χ1n) is 5.46. The molecule has 0 saturated carbocycles. The topological polar surface area (TPSA) is 24.9 Å². The zero-order valence-corrected chi connectivity index (χ0v) is 8.79. The van der Waals surface area contributed by atoms with Gasteiger partial charge >= 0.3 is 0 Å². The molecule has 2 nitrogen and oxygen atoms in total. The van der Waals surface area contributed by atoms with Gasteiger partial charge in [-0.25, -0.2) is 0 Å². The molecule has 2 rings (SSSR count). The van der Waals surface area contributed by atoms with Crippen molar-refractivity contribution in [3.05, 3.63) is 29.6 Å². The Balaban J connectivity index is 1.95. The summed E-state index contributed by atoms with van der Waals surface area (Å²) in [5, 5.41) is 3.45. The molecule has 1 aromatic heterocycles. The van der Waals surface area contributed by atoms with Crippen molar-refractivity contribution in [3.63, 3.8) is 0 Å². The Morgan fingerprint density at radius 1 is 1.50 bits per heavy atom. The molecule has 0 spiro atoms. The molecule has 1 unspecified atom stereocenters. The van der Waals surface area contributed by atoms with Crippen LogP contribution in [0.2, 0.25) is 0 Å². The fourth-order valence-electron chi connectivity index (χ4n) is 2.16. The molecule has 1 fully saturated rings. The number of aromatic nitrogens is 1. The van der Waals surface area contributed by atoms with Gasteiger partial charge in [-0.05, 0) is 56.3 Å². The van der Waals surface area contributed by atoms with E-state index in [1.165, 1.54) is 43.5 Å². The van der Waals surface area contributed by atoms with Gasteiger partial charge < -0.3 is 5.32 Å². The Morgan fingerprint density at radius 3 is 3.14 bits per heavy atom. The summed E-state index contributed by atoms with van der Waals surface area (Å²) in [7, 11) is 0. The predicted octanol–water partition coefficient (Wildman–Crippen LogP) is 1.93. The normalized spacial score (nSPS) is 22.2. The smallest absolute Gasteiger partial charge is 0.0300 e. The zero-order valence-electron chi connectivity index (χ0n) is 8.79. The first-order chi connectivity index (χ1) is 6.84. The molecule has 0 aromatic carbocycles. The Hall–Kier alpha value is -0.890. The van der Waals surface area contributed by atoms with Gasteiger partial charge in [0.15, 0.2) is 0 Å². The Bertz CT molecular complexity index is 290. The van der Waals surface area contributed by atoms with Gasteiger partial charge in [0.05, 0.1) is 0 Å². The van der Waals surface area contributed by atoms with Crippen molar-refractivity contribution >= 4 is 0 Å². The van der Waals surface area contributed by atoms with Gasteiger partial charge in [0.2, 0.25) is 0 Å². The number of rotatable bonds is 2. The second-order valence-electron chi connectivity index (χ2n) is 4.29. The molecule has 2 heterocycles. The maximum absolute atomic E-state index is 4.23. The number of piperidine rings is 1. The van der Waals surface area contributed by atoms with Crippen LogP contribution in [0.25, 0.3) is 0 Å². The van der Waals surface area contributed by atoms with Crippen LogP contribution in [0.5, 0.6) is 0 Å². The molecule has 14 heavy (non-hydrogen) atoms. The maximum atomic E-state index is 4.23. The molecule has 1 aliphatic heterocycles. The van der Waals surface area contributed by atoms with Gasteiger partial charge in [-0.15, -0.1) is 0 Å². The molecule has 1 aromatic rings. The first-order valence-corrected chi connectivity index (χ1v) is 5.46. The fourth-order valence-corrected chi connectivity index (χ4v) is 2.16. The molecule has 0 aliphatic carbocycles. The Kier molecular flexibility index (Phi) is 3.14. The molecule has 0 amide bonds. The molecule has 0 bridgehead atoms. The van der Waals surface area contributed by atoms with Crippen molar-refractivity contribution in [1.29, 1.82) is 0 Å². The van der Waals surface area contributed by atoms with Crippen molar-refractivity contribution in [1.82, 2.24) is 10.3 Å². The average Bonchev–Trinajstić information content (AvgIpc) is 2.19. The molecular formula is C12H18N2. The lowest BCUT2D eigenvalue weighted by molar-refractivity contribution is 0.376. The molecule has 1 saturated heterocycles. The van der Waals surface area contributed by atoms with Crippen molar-refractivity contribution in [3.8, 4) is 0 Å². The lowest BCUT2D eigenvalue weighted by Gasteiger charge is -2.22. The number of pyridine rings is 1. The predicted molar refractivity (Wildman–Crippen MR) is 58.3 cm³/mol. The van der Waals surface area contributed by atoms with E-state index in [-0.39, 0.29) is 0 Å². The summed E-state index contributed by atoms with van der Waals surface area (Å²) in [4.78, 5) is 4.23. The summed E-state index contributed by atoms with van der Waals surface area (Å²) in [6.45, 7) is 4.48. The standard InChI is InChI=1S/C12H18N2/c1-10-5-12(9-14-7-10)6-11-3-2-4-13-8-11/h5,7,9,11,13H,2-4,6,8H2,1H3. The molecular weight excluding hydrogens is 172 g/mol. The minimum absolute atomic E-state index is 0.812. The third-order valence-corrected chi connectivity index (χ3v) is 2.85. The van der Waals surface area contributed by atoms with Crippen LogP contribution in [0.3, 0.4) is 0 Å². The summed E-state index contributed by atoms with van der Waals surface area (Å²) in [5.41, 5.74) is 2.66. The van der Waals surface area contributed by atoms with Crippen molar-refractivity contribution < 1.29 is 0 Å². The summed E-state index contributed by atoms with van der Waals surface area (Å²) < 4.78 is 0. The van der Waals surface area contributed by atoms with E-state index in [1.54, 1.807) is 0 Å². The Labute approximate surface area is 85.7 Å². The molecule has 1 aliphatic rings. The number of nitrogens with one attached hydrogen (secondary N) is 1. The number of hydrogen-bond donors (Lipinski definition) is 1. The highest BCUT2D eigenvalue weighted by atomic mass is 14.9. The third-order valence-electron chi connectivity index (χ3n) is 2.85. The first kappa shape index (κ1) is 9.66. The second kappa shape index (κ2) is 4.56. The molecule has 0 radical (unpaired) electrons. The van der Waals surface area contributed by atoms with Crippen LogP contribution >= 0.6 is 0 Å². The van der Waals surface area contributed by atoms with Crippen LogP contribution in [0.1, 0.15) is 24.0 Å². The van der Waals surface area contributed by atoms with Crippen LogP contribution < -0.4 is 5.32 Å². The zero-order chi connectivity index (χ0) is 9.80. The number of aryl methyl sites for hydroxylation is 1. The number of hydrogen-bond acceptors (Lipinski definition) is 2. The average molecular weight is 190 g/mol. The van der Waals surface area contributed by atoms with E-state index in [0.717, 1.165) is 5.92 Å². The molecule has 2 heteroatoms. The molecule has 1 atom stereocenters. The van der Waals surface area contributed by atoms with Gasteiger partial charge in [-0.3, -0.25) is 4.98 Å². The van der Waals surface area contributed by atoms with Crippen molar-refractivity contribution in [2.24, 2.45) is 5.92 Å². The summed E-state index contributed by atoms with van der Waals surface area (Å²) in [6, 6.07) is 2.25. The highest BCUT2D eigenvalue weighted by molar-refractivity contribution is 5.17. The van der Waals surface area contributed by atoms with Gasteiger partial charge in [-0.2, -0.15) is 0 Å². The molecule has 1 N–H and O–H groups in total. The lowest BCUT2D eigenvalue weighted by Crippen LogP contribution is -2.30. The lowest BCUT2D eigenvalue weighted by atomic mass is 9.93. The summed E-state index contributed by atoms with van der Waals surface area (Å²) >= 11 is 0. The highest BCUT2D eigenvalue weighted by Gasteiger charge is 2.13. The van der Waals surface area contributed by atoms with Gasteiger partial charge in [0.25, 0.3) is 0 Å². The van der Waals surface area contributed by atoms with Gasteiger partial charge in [0, 0.05) is 12.4 Å². The van der Waals surface area contributed by atoms with E-state index in [1.807, 2.05) is 12.4 Å². The largest absolute Gasteiger partial charge is 0.316 e. The van der Waals surface area contributed by atoms with Gasteiger partial charge in [0.1, 0.15) is 0 Å². The second-order valence-corrected chi connectivity index (χ2v) is 4.29. The summed E-state index contributed by atoms with van der Waals surface area (Å²) in [5.74, 6) is 0.812. The SMILES string of the molecule is Cc1cncc(CC2CCCNC2)c1. The van der Waals surface area contributed by atoms with E-state index in [0.29, 0.717) is 0 Å². The van der Waals surface area contributed by atoms with E-state index in [4.69, 9.17) is 0 Å². The van der Waals surface area contributed by atoms with E-state index in [2.05, 4.69) is 23.3 Å². The van der Waals surface area contributed by atoms with Crippen LogP contribution in [0.4, 0.5) is 0 Å². The highest BCUT2D eigenvalue weighted by Crippen LogP contribution is 2.16. The minimum atomic E-state index is 0.812. The molecule has 76 valence electrons. The quantitative estimate of drug-likeness (QED) is 0.771. The fraction of sp³-hybridized carbons (Fsp3) is 0.583. The van der Waals surface area contributed by atoms with Gasteiger partial charge in [-0.1, -0.05) is 6.07 Å². The van der Waals surface area contributed by atoms with Crippen LogP contribution in [0, 0.1) is 12.8 Å². The monoisotopic (exact) mass is 190 g/mol. The van der Waals surface area contributed by atoms with Crippen molar-refractivity contribution in [2.45, 2.75) is 26.2 Å². The third kappa shape index (κ3) is 2.55. The maximum Gasteiger partial charge on any atom is 0.0300 e. The Morgan fingerprint density at radius 2 is 2.43 bits per heavy atom. The number of nitrogens with zero attached hydrogens (tertiary/aromatic N) is 1.